The van der Waals surface area contributed by atoms with Gasteiger partial charge >= 0.3 is 0 Å². The molecule has 0 bridgehead atoms. The number of aryl methyl sites for hydroxylation is 1. The summed E-state index contributed by atoms with van der Waals surface area (Å²) in [6.45, 7) is 2.84. The van der Waals surface area contributed by atoms with E-state index in [2.05, 4.69) is 10.3 Å². The molecule has 1 saturated carbocycles. The van der Waals surface area contributed by atoms with Crippen LogP contribution in [0.2, 0.25) is 0 Å². The molecular formula is C16H18N2O2. The van der Waals surface area contributed by atoms with Crippen molar-refractivity contribution in [3.63, 3.8) is 0 Å². The summed E-state index contributed by atoms with van der Waals surface area (Å²) in [6.07, 6.45) is 2.40. The van der Waals surface area contributed by atoms with Crippen molar-refractivity contribution in [3.05, 3.63) is 35.5 Å². The first-order valence-corrected chi connectivity index (χ1v) is 7.24. The number of carbonyl (C=O) groups excluding carboxylic acids is 1. The summed E-state index contributed by atoms with van der Waals surface area (Å²) in [7, 11) is 0. The monoisotopic (exact) mass is 270 g/mol. The van der Waals surface area contributed by atoms with Crippen molar-refractivity contribution in [2.45, 2.75) is 31.9 Å². The molecule has 1 aliphatic carbocycles. The van der Waals surface area contributed by atoms with Crippen LogP contribution in [0.3, 0.4) is 0 Å². The zero-order valence-electron chi connectivity index (χ0n) is 11.5. The third kappa shape index (κ3) is 1.68. The minimum atomic E-state index is 0.00838. The van der Waals surface area contributed by atoms with Gasteiger partial charge in [-0.2, -0.15) is 0 Å². The van der Waals surface area contributed by atoms with E-state index >= 15 is 0 Å². The molecule has 2 aliphatic rings. The predicted molar refractivity (Wildman–Crippen MR) is 76.8 cm³/mol. The number of hydrogen-bond acceptors (Lipinski definition) is 2. The second-order valence-corrected chi connectivity index (χ2v) is 5.85. The number of amides is 1. The maximum Gasteiger partial charge on any atom is 0.268 e. The SMILES string of the molecule is Cc1c(C(=O)N[C@@H]2C[C@H]3OCC[C@@H]23)[nH]c2ccccc12. The van der Waals surface area contributed by atoms with Crippen LogP contribution < -0.4 is 5.32 Å². The van der Waals surface area contributed by atoms with Crippen molar-refractivity contribution in [2.24, 2.45) is 5.92 Å². The molecule has 2 N–H and O–H groups in total. The minimum absolute atomic E-state index is 0.00838. The van der Waals surface area contributed by atoms with E-state index in [1.807, 2.05) is 31.2 Å². The maximum absolute atomic E-state index is 12.4. The molecule has 1 aromatic carbocycles. The van der Waals surface area contributed by atoms with Crippen molar-refractivity contribution >= 4 is 16.8 Å². The summed E-state index contributed by atoms with van der Waals surface area (Å²) in [5.74, 6) is 0.526. The van der Waals surface area contributed by atoms with Gasteiger partial charge < -0.3 is 15.0 Å². The summed E-state index contributed by atoms with van der Waals surface area (Å²) in [4.78, 5) is 15.7. The van der Waals surface area contributed by atoms with Gasteiger partial charge in [0.15, 0.2) is 0 Å². The molecule has 4 nitrogen and oxygen atoms in total. The molecule has 2 fully saturated rings. The Labute approximate surface area is 117 Å². The van der Waals surface area contributed by atoms with Crippen LogP contribution in [0.5, 0.6) is 0 Å². The number of ether oxygens (including phenoxy) is 1. The highest BCUT2D eigenvalue weighted by Gasteiger charge is 2.45. The maximum atomic E-state index is 12.4. The van der Waals surface area contributed by atoms with Gasteiger partial charge in [-0.3, -0.25) is 4.79 Å². The summed E-state index contributed by atoms with van der Waals surface area (Å²) in [6, 6.07) is 8.30. The zero-order chi connectivity index (χ0) is 13.7. The summed E-state index contributed by atoms with van der Waals surface area (Å²) in [5.41, 5.74) is 2.73. The van der Waals surface area contributed by atoms with Gasteiger partial charge in [0.2, 0.25) is 0 Å². The fourth-order valence-electron chi connectivity index (χ4n) is 3.51. The van der Waals surface area contributed by atoms with E-state index in [0.717, 1.165) is 35.9 Å². The number of carbonyl (C=O) groups is 1. The van der Waals surface area contributed by atoms with E-state index in [1.165, 1.54) is 0 Å². The van der Waals surface area contributed by atoms with E-state index in [9.17, 15) is 4.79 Å². The molecule has 2 heterocycles. The van der Waals surface area contributed by atoms with Crippen molar-refractivity contribution in [2.75, 3.05) is 6.61 Å². The largest absolute Gasteiger partial charge is 0.378 e. The quantitative estimate of drug-likeness (QED) is 0.880. The molecule has 1 aromatic heterocycles. The first-order valence-electron chi connectivity index (χ1n) is 7.24. The predicted octanol–water partition coefficient (Wildman–Crippen LogP) is 2.38. The van der Waals surface area contributed by atoms with Gasteiger partial charge in [0.05, 0.1) is 6.10 Å². The van der Waals surface area contributed by atoms with E-state index in [-0.39, 0.29) is 11.9 Å². The molecule has 0 radical (unpaired) electrons. The second kappa shape index (κ2) is 4.35. The third-order valence-corrected chi connectivity index (χ3v) is 4.77. The molecule has 20 heavy (non-hydrogen) atoms. The van der Waals surface area contributed by atoms with Gasteiger partial charge in [0, 0.05) is 29.5 Å². The Morgan fingerprint density at radius 1 is 1.40 bits per heavy atom. The Kier molecular flexibility index (Phi) is 2.60. The Bertz CT molecular complexity index is 676. The fraction of sp³-hybridized carbons (Fsp3) is 0.438. The molecule has 1 amide bonds. The lowest BCUT2D eigenvalue weighted by Crippen LogP contribution is -2.53. The van der Waals surface area contributed by atoms with Crippen molar-refractivity contribution in [1.29, 1.82) is 0 Å². The van der Waals surface area contributed by atoms with Crippen LogP contribution in [0.1, 0.15) is 28.9 Å². The highest BCUT2D eigenvalue weighted by atomic mass is 16.5. The Hall–Kier alpha value is -1.81. The molecule has 2 aromatic rings. The standard InChI is InChI=1S/C16H18N2O2/c1-9-10-4-2-3-5-12(10)17-15(9)16(19)18-13-8-14-11(13)6-7-20-14/h2-5,11,13-14,17H,6-8H2,1H3,(H,18,19)/t11-,13+,14+/m0/s1. The van der Waals surface area contributed by atoms with E-state index in [4.69, 9.17) is 4.74 Å². The highest BCUT2D eigenvalue weighted by Crippen LogP contribution is 2.38. The lowest BCUT2D eigenvalue weighted by Gasteiger charge is -2.39. The normalized spacial score (nSPS) is 28.1. The zero-order valence-corrected chi connectivity index (χ0v) is 11.5. The van der Waals surface area contributed by atoms with Gasteiger partial charge in [0.1, 0.15) is 5.69 Å². The van der Waals surface area contributed by atoms with Crippen molar-refractivity contribution in [1.82, 2.24) is 10.3 Å². The molecule has 4 rings (SSSR count). The van der Waals surface area contributed by atoms with Crippen LogP contribution in [0, 0.1) is 12.8 Å². The van der Waals surface area contributed by atoms with Crippen molar-refractivity contribution < 1.29 is 9.53 Å². The number of aromatic amines is 1. The number of hydrogen-bond donors (Lipinski definition) is 2. The van der Waals surface area contributed by atoms with Crippen LogP contribution in [0.4, 0.5) is 0 Å². The number of benzene rings is 1. The smallest absolute Gasteiger partial charge is 0.268 e. The third-order valence-electron chi connectivity index (χ3n) is 4.77. The first-order chi connectivity index (χ1) is 9.74. The Morgan fingerprint density at radius 2 is 2.25 bits per heavy atom. The van der Waals surface area contributed by atoms with Crippen LogP contribution in [-0.2, 0) is 4.74 Å². The lowest BCUT2D eigenvalue weighted by molar-refractivity contribution is 0.00803. The van der Waals surface area contributed by atoms with E-state index < -0.39 is 0 Å². The fourth-order valence-corrected chi connectivity index (χ4v) is 3.51. The van der Waals surface area contributed by atoms with Gasteiger partial charge in [-0.15, -0.1) is 0 Å². The van der Waals surface area contributed by atoms with Gasteiger partial charge in [-0.1, -0.05) is 18.2 Å². The molecular weight excluding hydrogens is 252 g/mol. The summed E-state index contributed by atoms with van der Waals surface area (Å²) in [5, 5.41) is 4.27. The van der Waals surface area contributed by atoms with Crippen LogP contribution in [0.15, 0.2) is 24.3 Å². The van der Waals surface area contributed by atoms with Gasteiger partial charge in [-0.05, 0) is 31.4 Å². The van der Waals surface area contributed by atoms with Crippen molar-refractivity contribution in [3.8, 4) is 0 Å². The summed E-state index contributed by atoms with van der Waals surface area (Å²) < 4.78 is 5.58. The molecule has 1 aliphatic heterocycles. The second-order valence-electron chi connectivity index (χ2n) is 5.85. The van der Waals surface area contributed by atoms with Crippen LogP contribution >= 0.6 is 0 Å². The van der Waals surface area contributed by atoms with E-state index in [0.29, 0.717) is 17.7 Å². The number of nitrogens with one attached hydrogen (secondary N) is 2. The van der Waals surface area contributed by atoms with Crippen LogP contribution in [0.25, 0.3) is 10.9 Å². The number of para-hydroxylation sites is 1. The molecule has 104 valence electrons. The number of rotatable bonds is 2. The average Bonchev–Trinajstić information content (AvgIpc) is 2.98. The molecule has 4 heteroatoms. The molecule has 0 spiro atoms. The Balaban J connectivity index is 1.56. The number of fused-ring (bicyclic) bond motifs is 2. The first kappa shape index (κ1) is 12.0. The topological polar surface area (TPSA) is 54.1 Å². The number of aromatic nitrogens is 1. The molecule has 1 saturated heterocycles. The summed E-state index contributed by atoms with van der Waals surface area (Å²) >= 11 is 0. The van der Waals surface area contributed by atoms with Crippen LogP contribution in [-0.4, -0.2) is 29.6 Å². The Morgan fingerprint density at radius 3 is 3.05 bits per heavy atom. The highest BCUT2D eigenvalue weighted by molar-refractivity contribution is 6.01. The minimum Gasteiger partial charge on any atom is -0.378 e. The number of H-pyrrole nitrogens is 1. The van der Waals surface area contributed by atoms with Gasteiger partial charge in [-0.25, -0.2) is 0 Å². The molecule has 3 atom stereocenters. The average molecular weight is 270 g/mol. The van der Waals surface area contributed by atoms with E-state index in [1.54, 1.807) is 0 Å². The molecule has 0 unspecified atom stereocenters. The lowest BCUT2D eigenvalue weighted by atomic mass is 9.76. The van der Waals surface area contributed by atoms with Gasteiger partial charge in [0.25, 0.3) is 5.91 Å².